The van der Waals surface area contributed by atoms with Gasteiger partial charge in [0.2, 0.25) is 0 Å². The summed E-state index contributed by atoms with van der Waals surface area (Å²) in [7, 11) is 1.70. The predicted octanol–water partition coefficient (Wildman–Crippen LogP) is 2.79. The zero-order valence-electron chi connectivity index (χ0n) is 9.74. The predicted molar refractivity (Wildman–Crippen MR) is 71.0 cm³/mol. The van der Waals surface area contributed by atoms with E-state index in [1.54, 1.807) is 7.11 Å². The van der Waals surface area contributed by atoms with Crippen molar-refractivity contribution >= 4 is 21.7 Å². The number of ether oxygens (including phenoxy) is 1. The number of aryl methyl sites for hydroxylation is 1. The molecule has 0 aliphatic rings. The highest BCUT2D eigenvalue weighted by atomic mass is 79.9. The summed E-state index contributed by atoms with van der Waals surface area (Å²) in [5.41, 5.74) is 1.14. The van der Waals surface area contributed by atoms with Crippen LogP contribution in [-0.4, -0.2) is 31.8 Å². The van der Waals surface area contributed by atoms with Crippen molar-refractivity contribution in [2.45, 2.75) is 6.92 Å². The van der Waals surface area contributed by atoms with Crippen molar-refractivity contribution in [3.8, 4) is 0 Å². The van der Waals surface area contributed by atoms with Crippen molar-refractivity contribution in [1.82, 2.24) is 4.98 Å². The third-order valence-electron chi connectivity index (χ3n) is 2.17. The fourth-order valence-corrected chi connectivity index (χ4v) is 2.11. The number of aromatic nitrogens is 1. The summed E-state index contributed by atoms with van der Waals surface area (Å²) in [6, 6.07) is 2.06. The van der Waals surface area contributed by atoms with Gasteiger partial charge in [-0.3, -0.25) is 0 Å². The molecule has 1 rings (SSSR count). The SMILES string of the molecule is C=CCN(CCOC)c1ncc(C)cc1Br. The van der Waals surface area contributed by atoms with Crippen molar-refractivity contribution < 1.29 is 4.74 Å². The normalized spacial score (nSPS) is 10.2. The Balaban J connectivity index is 2.86. The highest BCUT2D eigenvalue weighted by molar-refractivity contribution is 9.10. The van der Waals surface area contributed by atoms with E-state index in [1.165, 1.54) is 0 Å². The summed E-state index contributed by atoms with van der Waals surface area (Å²) in [5, 5.41) is 0. The first-order valence-electron chi connectivity index (χ1n) is 5.16. The van der Waals surface area contributed by atoms with Gasteiger partial charge in [0.25, 0.3) is 0 Å². The number of halogens is 1. The van der Waals surface area contributed by atoms with Gasteiger partial charge in [0.05, 0.1) is 11.1 Å². The van der Waals surface area contributed by atoms with E-state index in [0.717, 1.165) is 28.9 Å². The van der Waals surface area contributed by atoms with Gasteiger partial charge in [-0.1, -0.05) is 6.08 Å². The first kappa shape index (κ1) is 13.2. The average Bonchev–Trinajstić information content (AvgIpc) is 2.25. The van der Waals surface area contributed by atoms with Crippen LogP contribution in [0.5, 0.6) is 0 Å². The first-order chi connectivity index (χ1) is 7.69. The van der Waals surface area contributed by atoms with E-state index >= 15 is 0 Å². The molecule has 0 N–H and O–H groups in total. The zero-order chi connectivity index (χ0) is 12.0. The number of hydrogen-bond acceptors (Lipinski definition) is 3. The number of methoxy groups -OCH3 is 1. The van der Waals surface area contributed by atoms with Gasteiger partial charge in [0.15, 0.2) is 0 Å². The summed E-state index contributed by atoms with van der Waals surface area (Å²) in [5.74, 6) is 0.933. The molecule has 0 aliphatic heterocycles. The Hall–Kier alpha value is -0.870. The second-order valence-corrected chi connectivity index (χ2v) is 4.40. The van der Waals surface area contributed by atoms with Crippen molar-refractivity contribution in [3.05, 3.63) is 35.0 Å². The summed E-state index contributed by atoms with van der Waals surface area (Å²) >= 11 is 3.53. The fraction of sp³-hybridized carbons (Fsp3) is 0.417. The van der Waals surface area contributed by atoms with Crippen LogP contribution in [0, 0.1) is 6.92 Å². The Labute approximate surface area is 105 Å². The van der Waals surface area contributed by atoms with Crippen LogP contribution in [0.1, 0.15) is 5.56 Å². The molecule has 0 unspecified atom stereocenters. The molecule has 1 aromatic heterocycles. The van der Waals surface area contributed by atoms with Crippen LogP contribution in [0.4, 0.5) is 5.82 Å². The second-order valence-electron chi connectivity index (χ2n) is 3.55. The topological polar surface area (TPSA) is 25.4 Å². The van der Waals surface area contributed by atoms with Crippen LogP contribution in [0.2, 0.25) is 0 Å². The number of hydrogen-bond donors (Lipinski definition) is 0. The van der Waals surface area contributed by atoms with E-state index in [1.807, 2.05) is 19.2 Å². The number of nitrogens with zero attached hydrogens (tertiary/aromatic N) is 2. The maximum Gasteiger partial charge on any atom is 0.143 e. The number of pyridine rings is 1. The van der Waals surface area contributed by atoms with Crippen LogP contribution in [-0.2, 0) is 4.74 Å². The van der Waals surface area contributed by atoms with E-state index in [2.05, 4.69) is 38.5 Å². The molecule has 0 radical (unpaired) electrons. The summed E-state index contributed by atoms with van der Waals surface area (Å²) in [4.78, 5) is 6.55. The van der Waals surface area contributed by atoms with Crippen LogP contribution < -0.4 is 4.90 Å². The van der Waals surface area contributed by atoms with Crippen molar-refractivity contribution in [2.75, 3.05) is 31.7 Å². The Bertz CT molecular complexity index is 355. The molecule has 0 aromatic carbocycles. The van der Waals surface area contributed by atoms with Gasteiger partial charge in [-0.2, -0.15) is 0 Å². The first-order valence-corrected chi connectivity index (χ1v) is 5.95. The molecule has 0 bridgehead atoms. The van der Waals surface area contributed by atoms with Gasteiger partial charge in [0.1, 0.15) is 5.82 Å². The molecule has 16 heavy (non-hydrogen) atoms. The molecule has 0 atom stereocenters. The third kappa shape index (κ3) is 3.61. The number of anilines is 1. The average molecular weight is 285 g/mol. The summed E-state index contributed by atoms with van der Waals surface area (Å²) in [6.07, 6.45) is 3.73. The lowest BCUT2D eigenvalue weighted by Gasteiger charge is -2.23. The molecule has 0 amide bonds. The monoisotopic (exact) mass is 284 g/mol. The third-order valence-corrected chi connectivity index (χ3v) is 2.76. The lowest BCUT2D eigenvalue weighted by atomic mass is 10.3. The standard InChI is InChI=1S/C12H17BrN2O/c1-4-5-15(6-7-16-3)12-11(13)8-10(2)9-14-12/h4,8-9H,1,5-7H2,2-3H3. The minimum atomic E-state index is 0.676. The zero-order valence-corrected chi connectivity index (χ0v) is 11.3. The Morgan fingerprint density at radius 1 is 1.62 bits per heavy atom. The Morgan fingerprint density at radius 2 is 2.38 bits per heavy atom. The van der Waals surface area contributed by atoms with Crippen molar-refractivity contribution in [1.29, 1.82) is 0 Å². The Morgan fingerprint density at radius 3 is 2.94 bits per heavy atom. The van der Waals surface area contributed by atoms with E-state index in [9.17, 15) is 0 Å². The van der Waals surface area contributed by atoms with Gasteiger partial charge in [-0.05, 0) is 34.5 Å². The molecule has 0 fully saturated rings. The fourth-order valence-electron chi connectivity index (χ4n) is 1.40. The van der Waals surface area contributed by atoms with Crippen LogP contribution >= 0.6 is 15.9 Å². The molecule has 1 aromatic rings. The van der Waals surface area contributed by atoms with Crippen LogP contribution in [0.3, 0.4) is 0 Å². The molecule has 3 nitrogen and oxygen atoms in total. The quantitative estimate of drug-likeness (QED) is 0.751. The number of rotatable bonds is 6. The molecule has 0 saturated heterocycles. The Kier molecular flexibility index (Phi) is 5.49. The van der Waals surface area contributed by atoms with Gasteiger partial charge < -0.3 is 9.64 Å². The smallest absolute Gasteiger partial charge is 0.143 e. The summed E-state index contributed by atoms with van der Waals surface area (Å²) < 4.78 is 6.09. The van der Waals surface area contributed by atoms with Gasteiger partial charge in [-0.15, -0.1) is 6.58 Å². The van der Waals surface area contributed by atoms with Gasteiger partial charge in [-0.25, -0.2) is 4.98 Å². The second kappa shape index (κ2) is 6.66. The molecule has 4 heteroatoms. The maximum absolute atomic E-state index is 5.08. The molecule has 0 spiro atoms. The highest BCUT2D eigenvalue weighted by Crippen LogP contribution is 2.24. The summed E-state index contributed by atoms with van der Waals surface area (Å²) in [6.45, 7) is 8.02. The minimum Gasteiger partial charge on any atom is -0.383 e. The molecule has 0 aliphatic carbocycles. The van der Waals surface area contributed by atoms with E-state index in [-0.39, 0.29) is 0 Å². The molecular formula is C12H17BrN2O. The highest BCUT2D eigenvalue weighted by Gasteiger charge is 2.09. The minimum absolute atomic E-state index is 0.676. The lowest BCUT2D eigenvalue weighted by molar-refractivity contribution is 0.205. The molecule has 88 valence electrons. The van der Waals surface area contributed by atoms with Gasteiger partial charge in [0, 0.05) is 26.4 Å². The van der Waals surface area contributed by atoms with Gasteiger partial charge >= 0.3 is 0 Å². The molecular weight excluding hydrogens is 268 g/mol. The van der Waals surface area contributed by atoms with E-state index in [0.29, 0.717) is 6.61 Å². The van der Waals surface area contributed by atoms with Crippen molar-refractivity contribution in [2.24, 2.45) is 0 Å². The van der Waals surface area contributed by atoms with Crippen LogP contribution in [0.25, 0.3) is 0 Å². The molecule has 1 heterocycles. The van der Waals surface area contributed by atoms with E-state index < -0.39 is 0 Å². The lowest BCUT2D eigenvalue weighted by Crippen LogP contribution is -2.28. The van der Waals surface area contributed by atoms with Crippen molar-refractivity contribution in [3.63, 3.8) is 0 Å². The molecule has 0 saturated carbocycles. The van der Waals surface area contributed by atoms with E-state index in [4.69, 9.17) is 4.74 Å². The largest absolute Gasteiger partial charge is 0.383 e. The maximum atomic E-state index is 5.08. The van der Waals surface area contributed by atoms with Crippen LogP contribution in [0.15, 0.2) is 29.4 Å².